The van der Waals surface area contributed by atoms with Crippen molar-refractivity contribution in [1.82, 2.24) is 0 Å². The fraction of sp³-hybridized carbons (Fsp3) is 0.423. The van der Waals surface area contributed by atoms with Crippen LogP contribution in [0.4, 0.5) is 0 Å². The van der Waals surface area contributed by atoms with Crippen LogP contribution >= 0.6 is 0 Å². The Morgan fingerprint density at radius 3 is 2.38 bits per heavy atom. The summed E-state index contributed by atoms with van der Waals surface area (Å²) in [6.45, 7) is 6.00. The van der Waals surface area contributed by atoms with E-state index in [1.165, 1.54) is 0 Å². The van der Waals surface area contributed by atoms with Crippen LogP contribution in [-0.4, -0.2) is 44.6 Å². The molecular formula is C26H34O6. The van der Waals surface area contributed by atoms with E-state index in [0.29, 0.717) is 49.9 Å². The number of unbranched alkanes of at least 4 members (excludes halogenated alkanes) is 1. The normalized spacial score (nSPS) is 11.3. The minimum absolute atomic E-state index is 0.297. The predicted molar refractivity (Wildman–Crippen MR) is 126 cm³/mol. The summed E-state index contributed by atoms with van der Waals surface area (Å²) in [7, 11) is 1.65. The first-order valence-electron chi connectivity index (χ1n) is 11.1. The third kappa shape index (κ3) is 8.63. The van der Waals surface area contributed by atoms with E-state index in [2.05, 4.69) is 6.92 Å². The topological polar surface area (TPSA) is 74.2 Å². The second-order valence-corrected chi connectivity index (χ2v) is 7.28. The summed E-state index contributed by atoms with van der Waals surface area (Å²) < 4.78 is 22.4. The van der Waals surface area contributed by atoms with Crippen molar-refractivity contribution in [3.05, 3.63) is 59.2 Å². The van der Waals surface area contributed by atoms with Crippen LogP contribution in [0.3, 0.4) is 0 Å². The van der Waals surface area contributed by atoms with Gasteiger partial charge in [-0.25, -0.2) is 4.79 Å². The van der Waals surface area contributed by atoms with Crippen molar-refractivity contribution in [2.75, 3.05) is 33.5 Å². The summed E-state index contributed by atoms with van der Waals surface area (Å²) in [4.78, 5) is 11.6. The summed E-state index contributed by atoms with van der Waals surface area (Å²) in [5.41, 5.74) is 2.21. The van der Waals surface area contributed by atoms with Crippen molar-refractivity contribution >= 4 is 12.0 Å². The van der Waals surface area contributed by atoms with Crippen LogP contribution in [0, 0.1) is 0 Å². The Morgan fingerprint density at radius 1 is 0.969 bits per heavy atom. The lowest BCUT2D eigenvalue weighted by molar-refractivity contribution is -0.132. The fourth-order valence-corrected chi connectivity index (χ4v) is 3.01. The van der Waals surface area contributed by atoms with Gasteiger partial charge in [0.25, 0.3) is 0 Å². The van der Waals surface area contributed by atoms with Crippen molar-refractivity contribution < 1.29 is 28.8 Å². The molecule has 0 aromatic heterocycles. The molecule has 174 valence electrons. The lowest BCUT2D eigenvalue weighted by Crippen LogP contribution is -2.06. The fourth-order valence-electron chi connectivity index (χ4n) is 3.01. The molecule has 0 aliphatic carbocycles. The van der Waals surface area contributed by atoms with Crippen LogP contribution in [0.5, 0.6) is 17.2 Å². The first kappa shape index (κ1) is 25.3. The molecule has 1 N–H and O–H groups in total. The Morgan fingerprint density at radius 2 is 1.72 bits per heavy atom. The first-order chi connectivity index (χ1) is 15.6. The summed E-state index contributed by atoms with van der Waals surface area (Å²) >= 11 is 0. The molecule has 0 aliphatic rings. The molecule has 0 amide bonds. The second-order valence-electron chi connectivity index (χ2n) is 7.28. The van der Waals surface area contributed by atoms with E-state index in [-0.39, 0.29) is 0 Å². The number of carbonyl (C=O) groups is 1. The van der Waals surface area contributed by atoms with E-state index in [1.54, 1.807) is 13.2 Å². The van der Waals surface area contributed by atoms with Crippen LogP contribution in [0.2, 0.25) is 0 Å². The number of aliphatic carboxylic acids is 1. The highest BCUT2D eigenvalue weighted by molar-refractivity contribution is 5.92. The average Bonchev–Trinajstić information content (AvgIpc) is 2.80. The summed E-state index contributed by atoms with van der Waals surface area (Å²) in [5.74, 6) is 1.15. The maximum atomic E-state index is 11.6. The van der Waals surface area contributed by atoms with Crippen LogP contribution in [-0.2, 0) is 16.0 Å². The quantitative estimate of drug-likeness (QED) is 0.294. The maximum Gasteiger partial charge on any atom is 0.331 e. The number of hydrogen-bond acceptors (Lipinski definition) is 5. The molecule has 0 aliphatic heterocycles. The van der Waals surface area contributed by atoms with Crippen molar-refractivity contribution in [3.8, 4) is 17.2 Å². The molecule has 2 rings (SSSR count). The minimum atomic E-state index is -0.946. The highest BCUT2D eigenvalue weighted by Crippen LogP contribution is 2.30. The first-order valence-corrected chi connectivity index (χ1v) is 11.1. The van der Waals surface area contributed by atoms with Gasteiger partial charge < -0.3 is 24.1 Å². The second kappa shape index (κ2) is 14.1. The lowest BCUT2D eigenvalue weighted by Gasteiger charge is -2.14. The van der Waals surface area contributed by atoms with Gasteiger partial charge in [0.05, 0.1) is 26.9 Å². The highest BCUT2D eigenvalue weighted by atomic mass is 16.5. The van der Waals surface area contributed by atoms with Gasteiger partial charge in [0.15, 0.2) is 11.5 Å². The number of hydrogen-bond donors (Lipinski definition) is 1. The molecule has 0 saturated carbocycles. The monoisotopic (exact) mass is 442 g/mol. The molecule has 2 aromatic carbocycles. The van der Waals surface area contributed by atoms with Crippen LogP contribution in [0.25, 0.3) is 6.08 Å². The Hall–Kier alpha value is -2.99. The van der Waals surface area contributed by atoms with E-state index in [4.69, 9.17) is 18.9 Å². The largest absolute Gasteiger partial charge is 0.497 e. The smallest absolute Gasteiger partial charge is 0.331 e. The molecule has 0 unspecified atom stereocenters. The third-order valence-electron chi connectivity index (χ3n) is 4.87. The molecule has 2 aromatic rings. The number of ether oxygens (including phenoxy) is 4. The lowest BCUT2D eigenvalue weighted by atomic mass is 10.1. The van der Waals surface area contributed by atoms with Crippen LogP contribution < -0.4 is 14.2 Å². The van der Waals surface area contributed by atoms with E-state index in [1.807, 2.05) is 49.4 Å². The Kier molecular flexibility index (Phi) is 11.2. The van der Waals surface area contributed by atoms with E-state index in [0.717, 1.165) is 36.1 Å². The van der Waals surface area contributed by atoms with E-state index in [9.17, 15) is 9.90 Å². The molecule has 32 heavy (non-hydrogen) atoms. The molecule has 0 heterocycles. The molecule has 0 saturated heterocycles. The van der Waals surface area contributed by atoms with Gasteiger partial charge in [0.1, 0.15) is 5.75 Å². The zero-order valence-electron chi connectivity index (χ0n) is 19.3. The molecule has 0 spiro atoms. The zero-order valence-corrected chi connectivity index (χ0v) is 19.3. The Bertz CT molecular complexity index is 857. The number of benzene rings is 2. The number of carboxylic acids is 1. The van der Waals surface area contributed by atoms with Gasteiger partial charge in [-0.05, 0) is 54.8 Å². The van der Waals surface area contributed by atoms with E-state index >= 15 is 0 Å². The van der Waals surface area contributed by atoms with Crippen LogP contribution in [0.1, 0.15) is 44.2 Å². The molecular weight excluding hydrogens is 408 g/mol. The van der Waals surface area contributed by atoms with Crippen molar-refractivity contribution in [2.24, 2.45) is 0 Å². The summed E-state index contributed by atoms with van der Waals surface area (Å²) in [6.07, 6.45) is 4.71. The minimum Gasteiger partial charge on any atom is -0.497 e. The van der Waals surface area contributed by atoms with Gasteiger partial charge in [0, 0.05) is 25.0 Å². The molecule has 0 fully saturated rings. The average molecular weight is 443 g/mol. The third-order valence-corrected chi connectivity index (χ3v) is 4.87. The summed E-state index contributed by atoms with van der Waals surface area (Å²) in [6, 6.07) is 13.4. The number of methoxy groups -OCH3 is 1. The van der Waals surface area contributed by atoms with Gasteiger partial charge in [-0.15, -0.1) is 0 Å². The molecule has 0 radical (unpaired) electrons. The Labute approximate surface area is 190 Å². The van der Waals surface area contributed by atoms with Crippen LogP contribution in [0.15, 0.2) is 48.0 Å². The summed E-state index contributed by atoms with van der Waals surface area (Å²) in [5, 5.41) is 9.50. The molecule has 6 heteroatoms. The zero-order chi connectivity index (χ0) is 23.2. The van der Waals surface area contributed by atoms with Gasteiger partial charge in [-0.2, -0.15) is 0 Å². The van der Waals surface area contributed by atoms with Crippen molar-refractivity contribution in [2.45, 2.75) is 39.5 Å². The van der Waals surface area contributed by atoms with Gasteiger partial charge >= 0.3 is 5.97 Å². The van der Waals surface area contributed by atoms with Crippen molar-refractivity contribution in [3.63, 3.8) is 0 Å². The standard InChI is InChI=1S/C26H34O6/c1-4-6-15-31-25-19-21(18-22(26(27)28)14-16-30-5-2)9-12-24(25)32-17-13-20-7-10-23(29-3)11-8-20/h7-12,18-19H,4-6,13-17H2,1-3H3,(H,27,28). The van der Waals surface area contributed by atoms with Gasteiger partial charge in [-0.1, -0.05) is 31.5 Å². The molecule has 6 nitrogen and oxygen atoms in total. The highest BCUT2D eigenvalue weighted by Gasteiger charge is 2.11. The van der Waals surface area contributed by atoms with Crippen molar-refractivity contribution in [1.29, 1.82) is 0 Å². The molecule has 0 bridgehead atoms. The van der Waals surface area contributed by atoms with E-state index < -0.39 is 5.97 Å². The number of carboxylic acid groups (broad SMARTS) is 1. The number of rotatable bonds is 15. The maximum absolute atomic E-state index is 11.6. The Balaban J connectivity index is 2.11. The predicted octanol–water partition coefficient (Wildman–Crippen LogP) is 5.39. The van der Waals surface area contributed by atoms with Gasteiger partial charge in [0.2, 0.25) is 0 Å². The van der Waals surface area contributed by atoms with Gasteiger partial charge in [-0.3, -0.25) is 0 Å². The molecule has 0 atom stereocenters. The SMILES string of the molecule is CCCCOc1cc(C=C(CCOCC)C(=O)O)ccc1OCCc1ccc(OC)cc1.